The Hall–Kier alpha value is -1.29. The third-order valence-corrected chi connectivity index (χ3v) is 6.55. The zero-order valence-corrected chi connectivity index (χ0v) is 16.3. The van der Waals surface area contributed by atoms with E-state index in [2.05, 4.69) is 19.6 Å². The summed E-state index contributed by atoms with van der Waals surface area (Å²) in [6.07, 6.45) is 24.3. The Kier molecular flexibility index (Phi) is 9.09. The van der Waals surface area contributed by atoms with Crippen molar-refractivity contribution in [3.63, 3.8) is 0 Å². The van der Waals surface area contributed by atoms with E-state index in [-0.39, 0.29) is 0 Å². The number of allylic oxidation sites excluding steroid dienone is 5. The Morgan fingerprint density at radius 1 is 0.960 bits per heavy atom. The molecule has 0 atom stereocenters. The molecule has 0 aliphatic heterocycles. The Morgan fingerprint density at radius 3 is 2.20 bits per heavy atom. The van der Waals surface area contributed by atoms with Crippen LogP contribution >= 0.6 is 0 Å². The third-order valence-electron chi connectivity index (χ3n) is 6.55. The fourth-order valence-corrected chi connectivity index (χ4v) is 4.84. The first-order chi connectivity index (χ1) is 12.2. The standard InChI is InChI=1S/C24H37N/c1-3-4-6-9-21-11-15-23(16-12-21)20(2)24-17-13-22(14-18-24)10-7-5-8-19-25/h5,7-8,10,21-24H,2-4,6,9,11-18H2,1H3/b8-5+,10-7+/t21-,22-,23-,24-. The second-order valence-corrected chi connectivity index (χ2v) is 8.27. The Morgan fingerprint density at radius 2 is 1.60 bits per heavy atom. The fourth-order valence-electron chi connectivity index (χ4n) is 4.84. The summed E-state index contributed by atoms with van der Waals surface area (Å²) < 4.78 is 0. The first kappa shape index (κ1) is 20.0. The molecule has 0 aromatic heterocycles. The molecule has 0 aromatic rings. The molecule has 0 bridgehead atoms. The van der Waals surface area contributed by atoms with Gasteiger partial charge in [-0.05, 0) is 75.0 Å². The molecule has 2 rings (SSSR count). The smallest absolute Gasteiger partial charge is 0.0912 e. The van der Waals surface area contributed by atoms with E-state index in [1.54, 1.807) is 11.6 Å². The number of hydrogen-bond donors (Lipinski definition) is 0. The van der Waals surface area contributed by atoms with Crippen molar-refractivity contribution in [3.05, 3.63) is 36.5 Å². The zero-order valence-electron chi connectivity index (χ0n) is 16.3. The quantitative estimate of drug-likeness (QED) is 0.196. The van der Waals surface area contributed by atoms with Gasteiger partial charge < -0.3 is 0 Å². The highest BCUT2D eigenvalue weighted by Gasteiger charge is 2.28. The minimum absolute atomic E-state index is 0.696. The van der Waals surface area contributed by atoms with Crippen LogP contribution in [0, 0.1) is 35.0 Å². The summed E-state index contributed by atoms with van der Waals surface area (Å²) in [7, 11) is 0. The van der Waals surface area contributed by atoms with Gasteiger partial charge in [0.25, 0.3) is 0 Å². The van der Waals surface area contributed by atoms with Crippen LogP contribution in [0.4, 0.5) is 0 Å². The van der Waals surface area contributed by atoms with Crippen LogP contribution in [-0.2, 0) is 0 Å². The molecule has 0 saturated heterocycles. The van der Waals surface area contributed by atoms with Gasteiger partial charge in [-0.25, -0.2) is 0 Å². The minimum Gasteiger partial charge on any atom is -0.193 e. The predicted octanol–water partition coefficient (Wildman–Crippen LogP) is 7.37. The topological polar surface area (TPSA) is 23.8 Å². The second-order valence-electron chi connectivity index (χ2n) is 8.27. The van der Waals surface area contributed by atoms with E-state index >= 15 is 0 Å². The van der Waals surface area contributed by atoms with Gasteiger partial charge in [0.05, 0.1) is 6.07 Å². The molecular formula is C24H37N. The van der Waals surface area contributed by atoms with Crippen LogP contribution in [0.25, 0.3) is 0 Å². The van der Waals surface area contributed by atoms with E-state index in [4.69, 9.17) is 5.26 Å². The van der Waals surface area contributed by atoms with Gasteiger partial charge in [0.15, 0.2) is 0 Å². The Labute approximate surface area is 155 Å². The van der Waals surface area contributed by atoms with Gasteiger partial charge in [-0.2, -0.15) is 5.26 Å². The number of nitriles is 1. The molecule has 2 fully saturated rings. The number of nitrogens with zero attached hydrogens (tertiary/aromatic N) is 1. The van der Waals surface area contributed by atoms with Gasteiger partial charge >= 0.3 is 0 Å². The lowest BCUT2D eigenvalue weighted by Gasteiger charge is -2.35. The molecule has 0 amide bonds. The molecule has 0 aromatic carbocycles. The normalized spacial score (nSPS) is 30.6. The lowest BCUT2D eigenvalue weighted by molar-refractivity contribution is 0.253. The van der Waals surface area contributed by atoms with E-state index in [0.29, 0.717) is 5.92 Å². The molecular weight excluding hydrogens is 302 g/mol. The molecule has 0 heterocycles. The highest BCUT2D eigenvalue weighted by Crippen LogP contribution is 2.42. The number of hydrogen-bond acceptors (Lipinski definition) is 1. The van der Waals surface area contributed by atoms with Gasteiger partial charge in [0.2, 0.25) is 0 Å². The lowest BCUT2D eigenvalue weighted by Crippen LogP contribution is -2.22. The van der Waals surface area contributed by atoms with Crippen molar-refractivity contribution < 1.29 is 0 Å². The van der Waals surface area contributed by atoms with Crippen LogP contribution in [0.2, 0.25) is 0 Å². The molecule has 0 radical (unpaired) electrons. The predicted molar refractivity (Wildman–Crippen MR) is 108 cm³/mol. The lowest BCUT2D eigenvalue weighted by atomic mass is 9.70. The largest absolute Gasteiger partial charge is 0.193 e. The molecule has 1 heteroatoms. The van der Waals surface area contributed by atoms with Crippen LogP contribution in [0.1, 0.15) is 84.0 Å². The fraction of sp³-hybridized carbons (Fsp3) is 0.708. The van der Waals surface area contributed by atoms with Gasteiger partial charge in [0, 0.05) is 6.08 Å². The van der Waals surface area contributed by atoms with Crippen molar-refractivity contribution in [2.75, 3.05) is 0 Å². The summed E-state index contributed by atoms with van der Waals surface area (Å²) in [6.45, 7) is 6.85. The van der Waals surface area contributed by atoms with E-state index in [1.165, 1.54) is 77.0 Å². The van der Waals surface area contributed by atoms with Crippen molar-refractivity contribution in [3.8, 4) is 6.07 Å². The summed E-state index contributed by atoms with van der Waals surface area (Å²) in [5, 5.41) is 8.51. The van der Waals surface area contributed by atoms with Gasteiger partial charge in [-0.15, -0.1) is 0 Å². The maximum absolute atomic E-state index is 8.51. The summed E-state index contributed by atoms with van der Waals surface area (Å²) >= 11 is 0. The van der Waals surface area contributed by atoms with Crippen molar-refractivity contribution in [2.45, 2.75) is 84.0 Å². The second kappa shape index (κ2) is 11.3. The molecule has 1 nitrogen and oxygen atoms in total. The summed E-state index contributed by atoms with van der Waals surface area (Å²) in [5.41, 5.74) is 1.58. The van der Waals surface area contributed by atoms with Gasteiger partial charge in [0.1, 0.15) is 0 Å². The molecule has 2 saturated carbocycles. The number of rotatable bonds is 8. The van der Waals surface area contributed by atoms with Gasteiger partial charge in [-0.1, -0.05) is 63.0 Å². The molecule has 2 aliphatic carbocycles. The molecule has 2 aliphatic rings. The van der Waals surface area contributed by atoms with Crippen LogP contribution in [0.3, 0.4) is 0 Å². The highest BCUT2D eigenvalue weighted by atomic mass is 14.3. The van der Waals surface area contributed by atoms with Crippen LogP contribution in [0.15, 0.2) is 36.5 Å². The summed E-state index contributed by atoms with van der Waals surface area (Å²) in [4.78, 5) is 0. The molecule has 138 valence electrons. The average Bonchev–Trinajstić information content (AvgIpc) is 2.66. The number of unbranched alkanes of at least 4 members (excludes halogenated alkanes) is 2. The summed E-state index contributed by atoms with van der Waals surface area (Å²) in [5.74, 6) is 3.26. The van der Waals surface area contributed by atoms with Crippen molar-refractivity contribution in [2.24, 2.45) is 23.7 Å². The Bertz CT molecular complexity index is 477. The maximum atomic E-state index is 8.51. The maximum Gasteiger partial charge on any atom is 0.0912 e. The van der Waals surface area contributed by atoms with E-state index in [9.17, 15) is 0 Å². The molecule has 25 heavy (non-hydrogen) atoms. The van der Waals surface area contributed by atoms with E-state index < -0.39 is 0 Å². The van der Waals surface area contributed by atoms with E-state index in [0.717, 1.165) is 17.8 Å². The van der Waals surface area contributed by atoms with Crippen molar-refractivity contribution in [1.29, 1.82) is 5.26 Å². The summed E-state index contributed by atoms with van der Waals surface area (Å²) in [6, 6.07) is 2.04. The van der Waals surface area contributed by atoms with Crippen LogP contribution in [-0.4, -0.2) is 0 Å². The van der Waals surface area contributed by atoms with Gasteiger partial charge in [-0.3, -0.25) is 0 Å². The van der Waals surface area contributed by atoms with Crippen LogP contribution in [0.5, 0.6) is 0 Å². The SMILES string of the molecule is C=C([C@H]1CC[C@H](/C=C/C=C/C#N)CC1)[C@H]1CC[C@H](CCCCC)CC1. The third kappa shape index (κ3) is 6.85. The Balaban J connectivity index is 1.68. The highest BCUT2D eigenvalue weighted by molar-refractivity contribution is 5.13. The minimum atomic E-state index is 0.696. The average molecular weight is 340 g/mol. The molecule has 0 unspecified atom stereocenters. The van der Waals surface area contributed by atoms with E-state index in [1.807, 2.05) is 18.2 Å². The van der Waals surface area contributed by atoms with Crippen LogP contribution < -0.4 is 0 Å². The molecule has 0 N–H and O–H groups in total. The zero-order chi connectivity index (χ0) is 17.9. The first-order valence-corrected chi connectivity index (χ1v) is 10.7. The van der Waals surface area contributed by atoms with Crippen molar-refractivity contribution in [1.82, 2.24) is 0 Å². The molecule has 0 spiro atoms. The first-order valence-electron chi connectivity index (χ1n) is 10.7. The monoisotopic (exact) mass is 339 g/mol. The van der Waals surface area contributed by atoms with Crippen molar-refractivity contribution >= 4 is 0 Å².